The smallest absolute Gasteiger partial charge is 0.267 e. The maximum atomic E-state index is 12.9. The van der Waals surface area contributed by atoms with Crippen molar-refractivity contribution in [3.8, 4) is 5.75 Å². The molecule has 1 heterocycles. The van der Waals surface area contributed by atoms with Gasteiger partial charge in [0.25, 0.3) is 15.9 Å². The van der Waals surface area contributed by atoms with E-state index in [2.05, 4.69) is 10.0 Å². The Kier molecular flexibility index (Phi) is 7.17. The summed E-state index contributed by atoms with van der Waals surface area (Å²) in [5, 5.41) is 3.09. The minimum atomic E-state index is -3.89. The van der Waals surface area contributed by atoms with Crippen molar-refractivity contribution in [3.05, 3.63) is 77.3 Å². The second kappa shape index (κ2) is 10.00. The lowest BCUT2D eigenvalue weighted by molar-refractivity contribution is -0.122. The number of amides is 1. The minimum absolute atomic E-state index is 0.0137. The monoisotopic (exact) mass is 549 g/mol. The van der Waals surface area contributed by atoms with Crippen LogP contribution in [0.2, 0.25) is 5.02 Å². The summed E-state index contributed by atoms with van der Waals surface area (Å²) in [5.41, 5.74) is 1.84. The number of nitrogens with one attached hydrogen (secondary N) is 2. The summed E-state index contributed by atoms with van der Waals surface area (Å²) in [6.45, 7) is 3.15. The minimum Gasteiger partial charge on any atom is -0.476 e. The predicted molar refractivity (Wildman–Crippen MR) is 140 cm³/mol. The number of hydrogen-bond acceptors (Lipinski definition) is 6. The van der Waals surface area contributed by atoms with Crippen molar-refractivity contribution in [1.82, 2.24) is 0 Å². The Hall–Kier alpha value is -3.28. The van der Waals surface area contributed by atoms with Crippen LogP contribution >= 0.6 is 11.6 Å². The largest absolute Gasteiger partial charge is 0.476 e. The molecule has 0 bridgehead atoms. The highest BCUT2D eigenvalue weighted by molar-refractivity contribution is 7.93. The Morgan fingerprint density at radius 2 is 1.69 bits per heavy atom. The third kappa shape index (κ3) is 5.43. The van der Waals surface area contributed by atoms with Gasteiger partial charge in [-0.25, -0.2) is 16.8 Å². The normalized spacial score (nSPS) is 15.5. The first-order valence-corrected chi connectivity index (χ1v) is 14.4. The number of carbonyl (C=O) groups excluding carboxylic acids is 1. The zero-order chi connectivity index (χ0) is 26.1. The second-order valence-corrected chi connectivity index (χ2v) is 12.4. The molecule has 0 aliphatic carbocycles. The Bertz CT molecular complexity index is 1510. The molecule has 36 heavy (non-hydrogen) atoms. The second-order valence-electron chi connectivity index (χ2n) is 8.09. The molecule has 1 aliphatic rings. The summed E-state index contributed by atoms with van der Waals surface area (Å²) in [7, 11) is -7.52. The van der Waals surface area contributed by atoms with E-state index in [9.17, 15) is 21.6 Å². The average Bonchev–Trinajstić information content (AvgIpc) is 2.85. The van der Waals surface area contributed by atoms with Crippen LogP contribution in [0.15, 0.2) is 71.6 Å². The fourth-order valence-electron chi connectivity index (χ4n) is 3.57. The van der Waals surface area contributed by atoms with Crippen LogP contribution in [0.3, 0.4) is 0 Å². The number of benzene rings is 3. The Labute approximate surface area is 215 Å². The molecule has 4 rings (SSSR count). The number of nitrogens with zero attached hydrogens (tertiary/aromatic N) is 1. The lowest BCUT2D eigenvalue weighted by Gasteiger charge is -2.34. The van der Waals surface area contributed by atoms with E-state index in [0.717, 1.165) is 5.56 Å². The van der Waals surface area contributed by atoms with Crippen molar-refractivity contribution in [3.63, 3.8) is 0 Å². The van der Waals surface area contributed by atoms with E-state index in [0.29, 0.717) is 22.1 Å². The molecule has 2 N–H and O–H groups in total. The quantitative estimate of drug-likeness (QED) is 0.459. The molecule has 3 aromatic rings. The molecule has 0 saturated heterocycles. The first-order chi connectivity index (χ1) is 17.0. The first-order valence-electron chi connectivity index (χ1n) is 11.0. The number of aryl methyl sites for hydroxylation is 1. The zero-order valence-electron chi connectivity index (χ0n) is 19.4. The highest BCUT2D eigenvalue weighted by Gasteiger charge is 2.36. The van der Waals surface area contributed by atoms with Gasteiger partial charge in [0.15, 0.2) is 6.10 Å². The topological polar surface area (TPSA) is 122 Å². The maximum absolute atomic E-state index is 12.9. The number of carbonyl (C=O) groups is 1. The fraction of sp³-hybridized carbons (Fsp3) is 0.208. The van der Waals surface area contributed by atoms with Crippen molar-refractivity contribution >= 4 is 54.6 Å². The van der Waals surface area contributed by atoms with Crippen molar-refractivity contribution in [2.45, 2.75) is 24.8 Å². The van der Waals surface area contributed by atoms with Gasteiger partial charge in [-0.15, -0.1) is 0 Å². The summed E-state index contributed by atoms with van der Waals surface area (Å²) in [6, 6.07) is 17.0. The molecule has 190 valence electrons. The van der Waals surface area contributed by atoms with Gasteiger partial charge in [-0.05, 0) is 67.9 Å². The van der Waals surface area contributed by atoms with Crippen LogP contribution in [-0.2, 0) is 24.8 Å². The molecule has 1 amide bonds. The zero-order valence-corrected chi connectivity index (χ0v) is 21.8. The van der Waals surface area contributed by atoms with Gasteiger partial charge in [-0.2, -0.15) is 0 Å². The van der Waals surface area contributed by atoms with Gasteiger partial charge >= 0.3 is 0 Å². The predicted octanol–water partition coefficient (Wildman–Crippen LogP) is 4.01. The van der Waals surface area contributed by atoms with Crippen molar-refractivity contribution in [2.75, 3.05) is 26.6 Å². The number of ether oxygens (including phenoxy) is 1. The molecule has 0 fully saturated rings. The van der Waals surface area contributed by atoms with Crippen LogP contribution in [-0.4, -0.2) is 41.1 Å². The maximum Gasteiger partial charge on any atom is 0.267 e. The molecule has 0 unspecified atom stereocenters. The number of hydrogen-bond donors (Lipinski definition) is 2. The van der Waals surface area contributed by atoms with Gasteiger partial charge in [0, 0.05) is 10.7 Å². The van der Waals surface area contributed by atoms with Crippen LogP contribution in [0.1, 0.15) is 12.5 Å². The van der Waals surface area contributed by atoms with Crippen LogP contribution in [0.4, 0.5) is 17.1 Å². The highest BCUT2D eigenvalue weighted by Crippen LogP contribution is 2.35. The SMILES string of the molecule is CCS(=O)(=O)N1C[C@@H](C(=O)Nc2ccc(S(=O)(=O)Nc3ccc(C)c(Cl)c3)cc2)Oc2ccccc21. The van der Waals surface area contributed by atoms with Crippen molar-refractivity contribution < 1.29 is 26.4 Å². The van der Waals surface area contributed by atoms with Crippen LogP contribution in [0.25, 0.3) is 0 Å². The molecule has 0 spiro atoms. The third-order valence-electron chi connectivity index (χ3n) is 5.58. The van der Waals surface area contributed by atoms with E-state index >= 15 is 0 Å². The van der Waals surface area contributed by atoms with Gasteiger partial charge in [-0.3, -0.25) is 13.8 Å². The summed E-state index contributed by atoms with van der Waals surface area (Å²) in [4.78, 5) is 12.9. The summed E-state index contributed by atoms with van der Waals surface area (Å²) < 4.78 is 60.1. The van der Waals surface area contributed by atoms with Gasteiger partial charge in [0.05, 0.1) is 28.6 Å². The number of halogens is 1. The van der Waals surface area contributed by atoms with Gasteiger partial charge in [0.2, 0.25) is 10.0 Å². The third-order valence-corrected chi connectivity index (χ3v) is 9.14. The Balaban J connectivity index is 1.48. The van der Waals surface area contributed by atoms with Crippen LogP contribution < -0.4 is 19.1 Å². The van der Waals surface area contributed by atoms with Gasteiger partial charge in [-0.1, -0.05) is 29.8 Å². The number of sulfonamides is 2. The first kappa shape index (κ1) is 25.8. The van der Waals surface area contributed by atoms with E-state index in [4.69, 9.17) is 16.3 Å². The fourth-order valence-corrected chi connectivity index (χ4v) is 5.92. The van der Waals surface area contributed by atoms with Crippen molar-refractivity contribution in [2.24, 2.45) is 0 Å². The molecule has 12 heteroatoms. The lowest BCUT2D eigenvalue weighted by Crippen LogP contribution is -2.49. The van der Waals surface area contributed by atoms with E-state index in [1.54, 1.807) is 36.4 Å². The van der Waals surface area contributed by atoms with Crippen LogP contribution in [0, 0.1) is 6.92 Å². The molecule has 0 saturated carbocycles. The highest BCUT2D eigenvalue weighted by atomic mass is 35.5. The van der Waals surface area contributed by atoms with Crippen molar-refractivity contribution in [1.29, 1.82) is 0 Å². The lowest BCUT2D eigenvalue weighted by atomic mass is 10.2. The summed E-state index contributed by atoms with van der Waals surface area (Å²) >= 11 is 6.07. The Morgan fingerprint density at radius 3 is 2.36 bits per heavy atom. The van der Waals surface area contributed by atoms with E-state index in [1.165, 1.54) is 41.6 Å². The molecule has 0 radical (unpaired) electrons. The average molecular weight is 550 g/mol. The van der Waals surface area contributed by atoms with Gasteiger partial charge in [0.1, 0.15) is 5.75 Å². The van der Waals surface area contributed by atoms with E-state index in [-0.39, 0.29) is 22.9 Å². The van der Waals surface area contributed by atoms with Crippen LogP contribution in [0.5, 0.6) is 5.75 Å². The van der Waals surface area contributed by atoms with E-state index in [1.807, 2.05) is 6.92 Å². The number of fused-ring (bicyclic) bond motifs is 1. The molecule has 3 aromatic carbocycles. The summed E-state index contributed by atoms with van der Waals surface area (Å²) in [5.74, 6) is -0.414. The van der Waals surface area contributed by atoms with Gasteiger partial charge < -0.3 is 10.1 Å². The van der Waals surface area contributed by atoms with E-state index < -0.39 is 32.1 Å². The molecule has 9 nitrogen and oxygen atoms in total. The molecular weight excluding hydrogens is 526 g/mol. The molecular formula is C24H24ClN3O6S2. The Morgan fingerprint density at radius 1 is 1.03 bits per heavy atom. The molecule has 1 atom stereocenters. The molecule has 0 aromatic heterocycles. The standard InChI is InChI=1S/C24H24ClN3O6S2/c1-3-35(30,31)28-15-23(34-22-7-5-4-6-21(22)28)24(29)26-17-10-12-19(13-11-17)36(32,33)27-18-9-8-16(2)20(25)14-18/h4-14,23,27H,3,15H2,1-2H3,(H,26,29)/t23-/m0/s1. The summed E-state index contributed by atoms with van der Waals surface area (Å²) in [6.07, 6.45) is -1.10. The number of anilines is 3. The molecule has 1 aliphatic heterocycles. The number of para-hydroxylation sites is 2. The number of rotatable bonds is 7.